The smallest absolute Gasteiger partial charge is 0.109 e. The summed E-state index contributed by atoms with van der Waals surface area (Å²) in [5.74, 6) is 0.348. The number of nitrogens with one attached hydrogen (secondary N) is 1. The average molecular weight is 155 g/mol. The van der Waals surface area contributed by atoms with Crippen molar-refractivity contribution < 1.29 is 10.2 Å². The number of hydrogen-bond acceptors (Lipinski definition) is 3. The van der Waals surface area contributed by atoms with Crippen LogP contribution in [0.4, 0.5) is 0 Å². The largest absolute Gasteiger partial charge is 0.511 e. The first-order valence-corrected chi connectivity index (χ1v) is 3.74. The second-order valence-corrected chi connectivity index (χ2v) is 2.49. The molecule has 3 nitrogen and oxygen atoms in total. The summed E-state index contributed by atoms with van der Waals surface area (Å²) < 4.78 is 0. The normalized spacial score (nSPS) is 23.4. The number of rotatable bonds is 3. The average Bonchev–Trinajstić information content (AvgIpc) is 2.03. The van der Waals surface area contributed by atoms with Gasteiger partial charge < -0.3 is 15.5 Å². The van der Waals surface area contributed by atoms with E-state index in [4.69, 9.17) is 5.11 Å². The number of aliphatic hydroxyl groups is 2. The van der Waals surface area contributed by atoms with Gasteiger partial charge in [0, 0.05) is 6.54 Å². The number of aliphatic hydroxyl groups excluding tert-OH is 2. The predicted molar refractivity (Wildman–Crippen MR) is 43.3 cm³/mol. The molecule has 62 valence electrons. The standard InChI is InChI=1S/C8H13NO2/c10-6-5-9-7-3-1-2-4-8(7)11/h1-2,4,7,9-11H,3,5-6H2. The summed E-state index contributed by atoms with van der Waals surface area (Å²) >= 11 is 0. The molecule has 3 N–H and O–H groups in total. The van der Waals surface area contributed by atoms with Gasteiger partial charge >= 0.3 is 0 Å². The van der Waals surface area contributed by atoms with Gasteiger partial charge in [-0.25, -0.2) is 0 Å². The Hall–Kier alpha value is -0.800. The van der Waals surface area contributed by atoms with E-state index in [1.165, 1.54) is 0 Å². The predicted octanol–water partition coefficient (Wildman–Crippen LogP) is 0.339. The first-order chi connectivity index (χ1) is 5.34. The second kappa shape index (κ2) is 4.16. The molecule has 11 heavy (non-hydrogen) atoms. The Morgan fingerprint density at radius 1 is 1.64 bits per heavy atom. The minimum atomic E-state index is -0.00727. The fraction of sp³-hybridized carbons (Fsp3) is 0.500. The van der Waals surface area contributed by atoms with Gasteiger partial charge in [-0.2, -0.15) is 0 Å². The fourth-order valence-corrected chi connectivity index (χ4v) is 1.04. The summed E-state index contributed by atoms with van der Waals surface area (Å²) in [6.45, 7) is 0.629. The third-order valence-corrected chi connectivity index (χ3v) is 1.63. The monoisotopic (exact) mass is 155 g/mol. The Balaban J connectivity index is 2.35. The molecule has 0 saturated heterocycles. The first kappa shape index (κ1) is 8.30. The quantitative estimate of drug-likeness (QED) is 0.551. The van der Waals surface area contributed by atoms with Gasteiger partial charge in [-0.05, 0) is 12.5 Å². The molecule has 1 rings (SSSR count). The summed E-state index contributed by atoms with van der Waals surface area (Å²) in [7, 11) is 0. The highest BCUT2D eigenvalue weighted by Crippen LogP contribution is 2.09. The molecule has 0 aromatic carbocycles. The summed E-state index contributed by atoms with van der Waals surface area (Å²) in [6.07, 6.45) is 6.27. The van der Waals surface area contributed by atoms with Crippen molar-refractivity contribution in [3.05, 3.63) is 24.0 Å². The van der Waals surface area contributed by atoms with Gasteiger partial charge in [0.25, 0.3) is 0 Å². The Morgan fingerprint density at radius 3 is 3.09 bits per heavy atom. The van der Waals surface area contributed by atoms with Crippen LogP contribution in [0.3, 0.4) is 0 Å². The van der Waals surface area contributed by atoms with E-state index in [2.05, 4.69) is 5.32 Å². The maximum Gasteiger partial charge on any atom is 0.109 e. The van der Waals surface area contributed by atoms with Crippen LogP contribution in [0.25, 0.3) is 0 Å². The molecule has 0 aliphatic heterocycles. The minimum absolute atomic E-state index is 0.00727. The van der Waals surface area contributed by atoms with Gasteiger partial charge in [0.1, 0.15) is 5.76 Å². The zero-order valence-corrected chi connectivity index (χ0v) is 6.33. The van der Waals surface area contributed by atoms with Gasteiger partial charge in [-0.1, -0.05) is 12.2 Å². The molecule has 0 saturated carbocycles. The molecule has 0 amide bonds. The Kier molecular flexibility index (Phi) is 3.14. The van der Waals surface area contributed by atoms with Crippen molar-refractivity contribution in [2.75, 3.05) is 13.2 Å². The lowest BCUT2D eigenvalue weighted by molar-refractivity contribution is 0.273. The molecule has 0 spiro atoms. The van der Waals surface area contributed by atoms with Crippen LogP contribution in [-0.2, 0) is 0 Å². The molecule has 0 aromatic rings. The summed E-state index contributed by atoms with van der Waals surface area (Å²) in [6, 6.07) is -0.00727. The molecule has 1 atom stereocenters. The van der Waals surface area contributed by atoms with Crippen LogP contribution < -0.4 is 5.32 Å². The molecule has 0 heterocycles. The lowest BCUT2D eigenvalue weighted by Gasteiger charge is -2.17. The van der Waals surface area contributed by atoms with E-state index in [-0.39, 0.29) is 12.6 Å². The van der Waals surface area contributed by atoms with E-state index < -0.39 is 0 Å². The highest BCUT2D eigenvalue weighted by molar-refractivity contribution is 5.18. The molecular formula is C8H13NO2. The summed E-state index contributed by atoms with van der Waals surface area (Å²) in [4.78, 5) is 0. The Bertz CT molecular complexity index is 175. The van der Waals surface area contributed by atoms with E-state index in [9.17, 15) is 5.11 Å². The zero-order chi connectivity index (χ0) is 8.10. The van der Waals surface area contributed by atoms with Crippen molar-refractivity contribution >= 4 is 0 Å². The summed E-state index contributed by atoms with van der Waals surface area (Å²) in [5.41, 5.74) is 0. The Morgan fingerprint density at radius 2 is 2.45 bits per heavy atom. The van der Waals surface area contributed by atoms with Crippen molar-refractivity contribution in [2.45, 2.75) is 12.5 Å². The summed E-state index contributed by atoms with van der Waals surface area (Å²) in [5, 5.41) is 20.8. The molecule has 3 heteroatoms. The molecule has 0 radical (unpaired) electrons. The highest BCUT2D eigenvalue weighted by Gasteiger charge is 2.11. The second-order valence-electron chi connectivity index (χ2n) is 2.49. The van der Waals surface area contributed by atoms with Gasteiger partial charge in [-0.15, -0.1) is 0 Å². The maximum atomic E-state index is 9.26. The van der Waals surface area contributed by atoms with Crippen LogP contribution in [0.5, 0.6) is 0 Å². The van der Waals surface area contributed by atoms with Crippen molar-refractivity contribution in [3.8, 4) is 0 Å². The van der Waals surface area contributed by atoms with Crippen LogP contribution in [0.1, 0.15) is 6.42 Å². The molecular weight excluding hydrogens is 142 g/mol. The molecule has 0 fully saturated rings. The van der Waals surface area contributed by atoms with Gasteiger partial charge in [0.05, 0.1) is 12.6 Å². The number of hydrogen-bond donors (Lipinski definition) is 3. The third-order valence-electron chi connectivity index (χ3n) is 1.63. The van der Waals surface area contributed by atoms with Crippen molar-refractivity contribution in [1.82, 2.24) is 5.32 Å². The first-order valence-electron chi connectivity index (χ1n) is 3.74. The SMILES string of the molecule is OCCNC1CC=CC=C1O. The van der Waals surface area contributed by atoms with Crippen LogP contribution in [0.15, 0.2) is 24.0 Å². The van der Waals surface area contributed by atoms with Gasteiger partial charge in [-0.3, -0.25) is 0 Å². The van der Waals surface area contributed by atoms with Crippen LogP contribution in [-0.4, -0.2) is 29.4 Å². The highest BCUT2D eigenvalue weighted by atomic mass is 16.3. The van der Waals surface area contributed by atoms with Crippen LogP contribution in [0.2, 0.25) is 0 Å². The van der Waals surface area contributed by atoms with E-state index in [1.807, 2.05) is 12.2 Å². The number of allylic oxidation sites excluding steroid dienone is 2. The van der Waals surface area contributed by atoms with Crippen molar-refractivity contribution in [2.24, 2.45) is 0 Å². The minimum Gasteiger partial charge on any atom is -0.511 e. The van der Waals surface area contributed by atoms with Crippen molar-refractivity contribution in [3.63, 3.8) is 0 Å². The Labute approximate surface area is 66.0 Å². The zero-order valence-electron chi connectivity index (χ0n) is 6.33. The van der Waals surface area contributed by atoms with Crippen LogP contribution in [0, 0.1) is 0 Å². The molecule has 1 aliphatic rings. The maximum absolute atomic E-state index is 9.26. The van der Waals surface area contributed by atoms with E-state index in [1.54, 1.807) is 6.08 Å². The topological polar surface area (TPSA) is 52.5 Å². The van der Waals surface area contributed by atoms with Gasteiger partial charge in [0.15, 0.2) is 0 Å². The van der Waals surface area contributed by atoms with Crippen LogP contribution >= 0.6 is 0 Å². The van der Waals surface area contributed by atoms with E-state index in [0.717, 1.165) is 6.42 Å². The van der Waals surface area contributed by atoms with E-state index >= 15 is 0 Å². The third kappa shape index (κ3) is 2.37. The van der Waals surface area contributed by atoms with Gasteiger partial charge in [0.2, 0.25) is 0 Å². The fourth-order valence-electron chi connectivity index (χ4n) is 1.04. The molecule has 0 bridgehead atoms. The lowest BCUT2D eigenvalue weighted by Crippen LogP contribution is -2.33. The lowest BCUT2D eigenvalue weighted by atomic mass is 10.1. The molecule has 1 unspecified atom stereocenters. The molecule has 1 aliphatic carbocycles. The van der Waals surface area contributed by atoms with Crippen molar-refractivity contribution in [1.29, 1.82) is 0 Å². The van der Waals surface area contributed by atoms with E-state index in [0.29, 0.717) is 12.3 Å². The molecule has 0 aromatic heterocycles.